The van der Waals surface area contributed by atoms with E-state index in [1.807, 2.05) is 0 Å². The van der Waals surface area contributed by atoms with Gasteiger partial charge in [0.1, 0.15) is 11.0 Å². The first-order chi connectivity index (χ1) is 7.70. The molecule has 0 aromatic heterocycles. The molecule has 1 unspecified atom stereocenters. The summed E-state index contributed by atoms with van der Waals surface area (Å²) >= 11 is 0. The van der Waals surface area contributed by atoms with Gasteiger partial charge < -0.3 is 19.8 Å². The number of aliphatic hydroxyl groups excluding tert-OH is 1. The van der Waals surface area contributed by atoms with Gasteiger partial charge in [0.2, 0.25) is 0 Å². The van der Waals surface area contributed by atoms with Crippen molar-refractivity contribution in [1.82, 2.24) is 4.90 Å². The smallest absolute Gasteiger partial charge is 0.410 e. The topological polar surface area (TPSA) is 87.1 Å². The maximum atomic E-state index is 11.7. The second-order valence-corrected chi connectivity index (χ2v) is 5.40. The van der Waals surface area contributed by atoms with E-state index in [-0.39, 0.29) is 13.0 Å². The van der Waals surface area contributed by atoms with Gasteiger partial charge in [-0.05, 0) is 27.2 Å². The fourth-order valence-electron chi connectivity index (χ4n) is 1.73. The minimum Gasteiger partial charge on any atom is -0.481 e. The van der Waals surface area contributed by atoms with Gasteiger partial charge in [0.15, 0.2) is 0 Å². The van der Waals surface area contributed by atoms with Crippen molar-refractivity contribution < 1.29 is 24.5 Å². The minimum atomic E-state index is -1.24. The largest absolute Gasteiger partial charge is 0.481 e. The Morgan fingerprint density at radius 2 is 2.00 bits per heavy atom. The van der Waals surface area contributed by atoms with Crippen LogP contribution in [0, 0.1) is 5.41 Å². The number of likely N-dealkylation sites (tertiary alicyclic amines) is 1. The number of hydrogen-bond donors (Lipinski definition) is 2. The third-order valence-corrected chi connectivity index (χ3v) is 2.76. The van der Waals surface area contributed by atoms with Crippen molar-refractivity contribution >= 4 is 12.1 Å². The van der Waals surface area contributed by atoms with Gasteiger partial charge in [0, 0.05) is 13.1 Å². The molecule has 1 aliphatic heterocycles. The van der Waals surface area contributed by atoms with Gasteiger partial charge in [0.25, 0.3) is 0 Å². The summed E-state index contributed by atoms with van der Waals surface area (Å²) in [6.45, 7) is 5.06. The molecule has 1 saturated heterocycles. The number of aliphatic hydroxyl groups is 1. The van der Waals surface area contributed by atoms with Crippen LogP contribution in [0.5, 0.6) is 0 Å². The lowest BCUT2D eigenvalue weighted by Gasteiger charge is -2.26. The van der Waals surface area contributed by atoms with Crippen LogP contribution in [0.1, 0.15) is 27.2 Å². The lowest BCUT2D eigenvalue weighted by Crippen LogP contribution is -2.41. The van der Waals surface area contributed by atoms with Crippen LogP contribution < -0.4 is 0 Å². The van der Waals surface area contributed by atoms with Gasteiger partial charge in [-0.3, -0.25) is 4.79 Å². The fourth-order valence-corrected chi connectivity index (χ4v) is 1.73. The van der Waals surface area contributed by atoms with Gasteiger partial charge in [-0.25, -0.2) is 4.79 Å². The SMILES string of the molecule is CC(C)(C)OC(=O)N1CCC(CO)(C(=O)O)C1. The molecule has 0 aliphatic carbocycles. The number of hydrogen-bond acceptors (Lipinski definition) is 4. The van der Waals surface area contributed by atoms with Crippen LogP contribution in [-0.2, 0) is 9.53 Å². The first-order valence-corrected chi connectivity index (χ1v) is 5.52. The number of carboxylic acid groups (broad SMARTS) is 1. The van der Waals surface area contributed by atoms with Crippen LogP contribution in [-0.4, -0.2) is 52.5 Å². The molecule has 0 saturated carbocycles. The molecule has 6 heteroatoms. The number of carboxylic acids is 1. The van der Waals surface area contributed by atoms with Crippen molar-refractivity contribution in [2.24, 2.45) is 5.41 Å². The van der Waals surface area contributed by atoms with Crippen LogP contribution in [0.25, 0.3) is 0 Å². The summed E-state index contributed by atoms with van der Waals surface area (Å²) < 4.78 is 5.15. The van der Waals surface area contributed by atoms with Crippen molar-refractivity contribution in [3.05, 3.63) is 0 Å². The van der Waals surface area contributed by atoms with E-state index in [0.29, 0.717) is 6.54 Å². The van der Waals surface area contributed by atoms with Crippen molar-refractivity contribution in [1.29, 1.82) is 0 Å². The maximum Gasteiger partial charge on any atom is 0.410 e. The Morgan fingerprint density at radius 3 is 2.35 bits per heavy atom. The van der Waals surface area contributed by atoms with Crippen molar-refractivity contribution in [2.45, 2.75) is 32.8 Å². The molecule has 6 nitrogen and oxygen atoms in total. The van der Waals surface area contributed by atoms with Gasteiger partial charge in [-0.2, -0.15) is 0 Å². The van der Waals surface area contributed by atoms with E-state index in [4.69, 9.17) is 14.9 Å². The maximum absolute atomic E-state index is 11.7. The molecule has 1 aliphatic rings. The van der Waals surface area contributed by atoms with E-state index >= 15 is 0 Å². The lowest BCUT2D eigenvalue weighted by molar-refractivity contribution is -0.150. The zero-order chi connectivity index (χ0) is 13.3. The molecule has 0 radical (unpaired) electrons. The zero-order valence-electron chi connectivity index (χ0n) is 10.4. The number of rotatable bonds is 2. The third kappa shape index (κ3) is 3.09. The normalized spacial score (nSPS) is 24.8. The highest BCUT2D eigenvalue weighted by molar-refractivity contribution is 5.78. The van der Waals surface area contributed by atoms with Crippen molar-refractivity contribution in [2.75, 3.05) is 19.7 Å². The molecule has 0 spiro atoms. The molecule has 0 bridgehead atoms. The van der Waals surface area contributed by atoms with Crippen LogP contribution in [0.2, 0.25) is 0 Å². The Kier molecular flexibility index (Phi) is 3.66. The van der Waals surface area contributed by atoms with Crippen LogP contribution in [0.15, 0.2) is 0 Å². The summed E-state index contributed by atoms with van der Waals surface area (Å²) in [5.41, 5.74) is -1.85. The highest BCUT2D eigenvalue weighted by Gasteiger charge is 2.46. The standard InChI is InChI=1S/C11H19NO5/c1-10(2,3)17-9(16)12-5-4-11(6-12,7-13)8(14)15/h13H,4-7H2,1-3H3,(H,14,15). The lowest BCUT2D eigenvalue weighted by atomic mass is 9.88. The average molecular weight is 245 g/mol. The summed E-state index contributed by atoms with van der Waals surface area (Å²) in [4.78, 5) is 24.1. The van der Waals surface area contributed by atoms with Crippen LogP contribution >= 0.6 is 0 Å². The van der Waals surface area contributed by atoms with Gasteiger partial charge in [-0.1, -0.05) is 0 Å². The molecule has 1 atom stereocenters. The van der Waals surface area contributed by atoms with Gasteiger partial charge >= 0.3 is 12.1 Å². The van der Waals surface area contributed by atoms with Crippen molar-refractivity contribution in [3.63, 3.8) is 0 Å². The number of nitrogens with zero attached hydrogens (tertiary/aromatic N) is 1. The molecule has 2 N–H and O–H groups in total. The molecule has 1 rings (SSSR count). The minimum absolute atomic E-state index is 0.00620. The molecular weight excluding hydrogens is 226 g/mol. The molecule has 17 heavy (non-hydrogen) atoms. The third-order valence-electron chi connectivity index (χ3n) is 2.76. The monoisotopic (exact) mass is 245 g/mol. The van der Waals surface area contributed by atoms with Crippen LogP contribution in [0.4, 0.5) is 4.79 Å². The Hall–Kier alpha value is -1.30. The van der Waals surface area contributed by atoms with E-state index in [0.717, 1.165) is 0 Å². The molecule has 0 aromatic rings. The van der Waals surface area contributed by atoms with E-state index in [1.165, 1.54) is 4.90 Å². The predicted molar refractivity (Wildman–Crippen MR) is 59.6 cm³/mol. The summed E-state index contributed by atoms with van der Waals surface area (Å²) in [7, 11) is 0. The summed E-state index contributed by atoms with van der Waals surface area (Å²) in [6, 6.07) is 0. The van der Waals surface area contributed by atoms with Crippen LogP contribution in [0.3, 0.4) is 0 Å². The van der Waals surface area contributed by atoms with E-state index < -0.39 is 29.7 Å². The van der Waals surface area contributed by atoms with E-state index in [2.05, 4.69) is 0 Å². The first-order valence-electron chi connectivity index (χ1n) is 5.52. The van der Waals surface area contributed by atoms with Gasteiger partial charge in [-0.15, -0.1) is 0 Å². The number of aliphatic carboxylic acids is 1. The molecule has 1 amide bonds. The zero-order valence-corrected chi connectivity index (χ0v) is 10.4. The molecular formula is C11H19NO5. The van der Waals surface area contributed by atoms with E-state index in [9.17, 15) is 9.59 Å². The molecule has 0 aromatic carbocycles. The molecule has 98 valence electrons. The number of carbonyl (C=O) groups excluding carboxylic acids is 1. The fraction of sp³-hybridized carbons (Fsp3) is 0.818. The molecule has 1 fully saturated rings. The van der Waals surface area contributed by atoms with Crippen molar-refractivity contribution in [3.8, 4) is 0 Å². The number of amides is 1. The van der Waals surface area contributed by atoms with E-state index in [1.54, 1.807) is 20.8 Å². The number of ether oxygens (including phenoxy) is 1. The highest BCUT2D eigenvalue weighted by atomic mass is 16.6. The summed E-state index contributed by atoms with van der Waals surface area (Å²) in [6.07, 6.45) is -0.285. The number of carbonyl (C=O) groups is 2. The second-order valence-electron chi connectivity index (χ2n) is 5.40. The van der Waals surface area contributed by atoms with Gasteiger partial charge in [0.05, 0.1) is 6.61 Å². The molecule has 1 heterocycles. The highest BCUT2D eigenvalue weighted by Crippen LogP contribution is 2.31. The predicted octanol–water partition coefficient (Wildman–Crippen LogP) is 0.690. The Labute approximate surface area is 100 Å². The first kappa shape index (κ1) is 13.8. The summed E-state index contributed by atoms with van der Waals surface area (Å²) in [5.74, 6) is -1.08. The Balaban J connectivity index is 2.67. The quantitative estimate of drug-likeness (QED) is 0.747. The summed E-state index contributed by atoms with van der Waals surface area (Å²) in [5, 5.41) is 18.2. The Bertz CT molecular complexity index is 322. The Morgan fingerprint density at radius 1 is 1.41 bits per heavy atom. The average Bonchev–Trinajstić information content (AvgIpc) is 2.60. The second kappa shape index (κ2) is 4.52.